The van der Waals surface area contributed by atoms with Crippen molar-refractivity contribution in [3.8, 4) is 17.2 Å². The Morgan fingerprint density at radius 2 is 1.82 bits per heavy atom. The van der Waals surface area contributed by atoms with Gasteiger partial charge in [-0.05, 0) is 74.2 Å². The van der Waals surface area contributed by atoms with Crippen molar-refractivity contribution in [2.75, 3.05) is 5.32 Å². The van der Waals surface area contributed by atoms with Crippen molar-refractivity contribution in [2.45, 2.75) is 38.1 Å². The molecule has 2 aromatic heterocycles. The number of rotatable bonds is 6. The summed E-state index contributed by atoms with van der Waals surface area (Å²) >= 11 is 0. The number of anilines is 2. The molecule has 0 aliphatic heterocycles. The number of amides is 1. The molecular weight excluding hydrogens is 412 g/mol. The number of carbonyl (C=O) groups excluding carboxylic acids is 1. The average molecular weight is 437 g/mol. The van der Waals surface area contributed by atoms with E-state index >= 15 is 0 Å². The van der Waals surface area contributed by atoms with E-state index in [4.69, 9.17) is 0 Å². The van der Waals surface area contributed by atoms with Gasteiger partial charge in [0, 0.05) is 29.1 Å². The number of pyridine rings is 1. The maximum Gasteiger partial charge on any atom is 0.251 e. The van der Waals surface area contributed by atoms with Crippen LogP contribution in [0.1, 0.15) is 42.6 Å². The minimum Gasteiger partial charge on any atom is -0.349 e. The van der Waals surface area contributed by atoms with Gasteiger partial charge in [0.2, 0.25) is 5.95 Å². The highest BCUT2D eigenvalue weighted by Crippen LogP contribution is 2.29. The van der Waals surface area contributed by atoms with E-state index in [-0.39, 0.29) is 5.91 Å². The van der Waals surface area contributed by atoms with E-state index in [9.17, 15) is 10.1 Å². The second-order valence-electron chi connectivity index (χ2n) is 8.89. The predicted octanol–water partition coefficient (Wildman–Crippen LogP) is 4.83. The molecule has 0 atom stereocenters. The van der Waals surface area contributed by atoms with Crippen LogP contribution in [-0.4, -0.2) is 26.5 Å². The number of hydrogen-bond acceptors (Lipinski definition) is 5. The van der Waals surface area contributed by atoms with Gasteiger partial charge in [0.1, 0.15) is 0 Å². The highest BCUT2D eigenvalue weighted by Gasteiger charge is 2.23. The lowest BCUT2D eigenvalue weighted by Crippen LogP contribution is -2.25. The van der Waals surface area contributed by atoms with E-state index in [1.165, 1.54) is 0 Å². The highest BCUT2D eigenvalue weighted by molar-refractivity contribution is 5.95. The lowest BCUT2D eigenvalue weighted by Gasteiger charge is -2.16. The molecule has 33 heavy (non-hydrogen) atoms. The number of carbonyl (C=O) groups is 1. The van der Waals surface area contributed by atoms with Crippen LogP contribution in [0.25, 0.3) is 16.8 Å². The monoisotopic (exact) mass is 436 g/mol. The first-order valence-corrected chi connectivity index (χ1v) is 11.0. The molecule has 7 nitrogen and oxygen atoms in total. The Kier molecular flexibility index (Phi) is 5.06. The van der Waals surface area contributed by atoms with E-state index in [0.717, 1.165) is 40.9 Å². The number of hydrogen-bond donors (Lipinski definition) is 2. The molecule has 4 aromatic rings. The third-order valence-electron chi connectivity index (χ3n) is 5.88. The molecule has 0 bridgehead atoms. The van der Waals surface area contributed by atoms with E-state index in [1.807, 2.05) is 68.6 Å². The zero-order valence-corrected chi connectivity index (χ0v) is 18.5. The number of nitrogens with one attached hydrogen (secondary N) is 2. The van der Waals surface area contributed by atoms with Gasteiger partial charge in [0.05, 0.1) is 11.5 Å². The van der Waals surface area contributed by atoms with Crippen LogP contribution in [0, 0.1) is 11.3 Å². The van der Waals surface area contributed by atoms with Gasteiger partial charge >= 0.3 is 0 Å². The molecule has 1 saturated carbocycles. The summed E-state index contributed by atoms with van der Waals surface area (Å²) in [7, 11) is 0. The lowest BCUT2D eigenvalue weighted by atomic mass is 9.85. The Bertz CT molecular complexity index is 1360. The molecule has 1 amide bonds. The zero-order chi connectivity index (χ0) is 23.0. The Hall–Kier alpha value is -4.18. The summed E-state index contributed by atoms with van der Waals surface area (Å²) in [4.78, 5) is 16.9. The van der Waals surface area contributed by atoms with Crippen molar-refractivity contribution in [2.24, 2.45) is 0 Å². The van der Waals surface area contributed by atoms with Crippen LogP contribution in [0.2, 0.25) is 0 Å². The summed E-state index contributed by atoms with van der Waals surface area (Å²) < 4.78 is 1.74. The fourth-order valence-corrected chi connectivity index (χ4v) is 3.65. The van der Waals surface area contributed by atoms with E-state index in [1.54, 1.807) is 16.6 Å². The molecule has 164 valence electrons. The first kappa shape index (κ1) is 20.7. The molecule has 5 rings (SSSR count). The molecule has 0 spiro atoms. The normalized spacial score (nSPS) is 13.5. The fraction of sp³-hybridized carbons (Fsp3) is 0.231. The summed E-state index contributed by atoms with van der Waals surface area (Å²) in [5.74, 6) is 0.434. The van der Waals surface area contributed by atoms with Gasteiger partial charge in [0.15, 0.2) is 5.65 Å². The first-order valence-electron chi connectivity index (χ1n) is 11.0. The van der Waals surface area contributed by atoms with Gasteiger partial charge in [-0.2, -0.15) is 10.2 Å². The van der Waals surface area contributed by atoms with Crippen LogP contribution >= 0.6 is 0 Å². The predicted molar refractivity (Wildman–Crippen MR) is 127 cm³/mol. The second-order valence-corrected chi connectivity index (χ2v) is 8.89. The molecule has 0 saturated heterocycles. The Balaban J connectivity index is 1.38. The zero-order valence-electron chi connectivity index (χ0n) is 18.5. The molecule has 2 N–H and O–H groups in total. The largest absolute Gasteiger partial charge is 0.349 e. The Labute approximate surface area is 192 Å². The maximum absolute atomic E-state index is 12.2. The Morgan fingerprint density at radius 1 is 1.09 bits per heavy atom. The van der Waals surface area contributed by atoms with E-state index in [2.05, 4.69) is 26.8 Å². The van der Waals surface area contributed by atoms with Crippen molar-refractivity contribution in [1.29, 1.82) is 5.26 Å². The number of nitrogens with zero attached hydrogens (tertiary/aromatic N) is 4. The average Bonchev–Trinajstić information content (AvgIpc) is 3.55. The molecule has 2 aromatic carbocycles. The molecule has 0 radical (unpaired) electrons. The molecule has 2 heterocycles. The van der Waals surface area contributed by atoms with E-state index < -0.39 is 5.41 Å². The summed E-state index contributed by atoms with van der Waals surface area (Å²) in [6.45, 7) is 3.82. The number of nitriles is 1. The number of benzene rings is 2. The minimum atomic E-state index is -0.537. The lowest BCUT2D eigenvalue weighted by molar-refractivity contribution is 0.0951. The van der Waals surface area contributed by atoms with Crippen molar-refractivity contribution >= 4 is 23.2 Å². The summed E-state index contributed by atoms with van der Waals surface area (Å²) in [5, 5.41) is 20.1. The van der Waals surface area contributed by atoms with Crippen LogP contribution in [0.4, 0.5) is 11.6 Å². The quantitative estimate of drug-likeness (QED) is 0.451. The SMILES string of the molecule is CC(C)(C#N)c1ccc(-c2cccn3nc(Nc4ccc(C(=O)NC5CC5)cc4)nc23)cc1. The van der Waals surface area contributed by atoms with Crippen LogP contribution < -0.4 is 10.6 Å². The second kappa shape index (κ2) is 8.06. The van der Waals surface area contributed by atoms with Gasteiger partial charge in [-0.25, -0.2) is 4.52 Å². The third-order valence-corrected chi connectivity index (χ3v) is 5.88. The van der Waals surface area contributed by atoms with Crippen molar-refractivity contribution in [1.82, 2.24) is 19.9 Å². The highest BCUT2D eigenvalue weighted by atomic mass is 16.1. The molecule has 1 aliphatic carbocycles. The molecule has 0 unspecified atom stereocenters. The standard InChI is InChI=1S/C26H24N6O/c1-26(2,16-27)19-9-5-17(6-10-19)22-4-3-15-32-23(22)30-25(31-32)29-21-11-7-18(8-12-21)24(33)28-20-13-14-20/h3-12,15,20H,13-14H2,1-2H3,(H,28,33)(H,29,31). The van der Waals surface area contributed by atoms with Crippen molar-refractivity contribution in [3.63, 3.8) is 0 Å². The number of aromatic nitrogens is 3. The van der Waals surface area contributed by atoms with E-state index in [0.29, 0.717) is 17.6 Å². The summed E-state index contributed by atoms with van der Waals surface area (Å²) in [5.41, 5.74) is 4.56. The number of fused-ring (bicyclic) bond motifs is 1. The first-order chi connectivity index (χ1) is 15.9. The summed E-state index contributed by atoms with van der Waals surface area (Å²) in [6, 6.07) is 21.9. The van der Waals surface area contributed by atoms with Gasteiger partial charge in [0.25, 0.3) is 5.91 Å². The Morgan fingerprint density at radius 3 is 2.48 bits per heavy atom. The van der Waals surface area contributed by atoms with Crippen molar-refractivity contribution < 1.29 is 4.79 Å². The van der Waals surface area contributed by atoms with Crippen LogP contribution in [0.3, 0.4) is 0 Å². The fourth-order valence-electron chi connectivity index (χ4n) is 3.65. The topological polar surface area (TPSA) is 95.1 Å². The summed E-state index contributed by atoms with van der Waals surface area (Å²) in [6.07, 6.45) is 3.99. The maximum atomic E-state index is 12.2. The molecule has 7 heteroatoms. The van der Waals surface area contributed by atoms with Gasteiger partial charge in [-0.1, -0.05) is 24.3 Å². The van der Waals surface area contributed by atoms with Crippen LogP contribution in [0.15, 0.2) is 66.9 Å². The van der Waals surface area contributed by atoms with Gasteiger partial charge in [-0.15, -0.1) is 5.10 Å². The van der Waals surface area contributed by atoms with Gasteiger partial charge in [-0.3, -0.25) is 4.79 Å². The van der Waals surface area contributed by atoms with Gasteiger partial charge < -0.3 is 10.6 Å². The third kappa shape index (κ3) is 4.28. The van der Waals surface area contributed by atoms with Crippen molar-refractivity contribution in [3.05, 3.63) is 78.0 Å². The van der Waals surface area contributed by atoms with Crippen LogP contribution in [-0.2, 0) is 5.41 Å². The molecular formula is C26H24N6O. The smallest absolute Gasteiger partial charge is 0.251 e. The molecule has 1 aliphatic rings. The van der Waals surface area contributed by atoms with Crippen LogP contribution in [0.5, 0.6) is 0 Å². The molecule has 1 fully saturated rings. The minimum absolute atomic E-state index is 0.0382.